The van der Waals surface area contributed by atoms with E-state index in [1.165, 1.54) is 88.4 Å². The van der Waals surface area contributed by atoms with Gasteiger partial charge in [0.15, 0.2) is 0 Å². The Labute approximate surface area is 139 Å². The lowest BCUT2D eigenvalue weighted by Gasteiger charge is -2.24. The van der Waals surface area contributed by atoms with Gasteiger partial charge in [0.25, 0.3) is 0 Å². The molecule has 1 atom stereocenters. The maximum absolute atomic E-state index is 5.93. The molecule has 0 aromatic rings. The van der Waals surface area contributed by atoms with E-state index in [1.807, 2.05) is 0 Å². The summed E-state index contributed by atoms with van der Waals surface area (Å²) in [4.78, 5) is 0. The van der Waals surface area contributed by atoms with Crippen LogP contribution in [-0.2, 0) is 4.74 Å². The Morgan fingerprint density at radius 3 is 2.09 bits per heavy atom. The molecule has 1 heterocycles. The van der Waals surface area contributed by atoms with E-state index in [2.05, 4.69) is 32.9 Å². The van der Waals surface area contributed by atoms with Crippen LogP contribution in [0.25, 0.3) is 0 Å². The van der Waals surface area contributed by atoms with E-state index in [-0.39, 0.29) is 0 Å². The van der Waals surface area contributed by atoms with Crippen LogP contribution in [0.15, 0.2) is 23.5 Å². The van der Waals surface area contributed by atoms with Gasteiger partial charge in [-0.3, -0.25) is 0 Å². The fraction of sp³-hybridized carbons (Fsp3) is 0.810. The third-order valence-corrected chi connectivity index (χ3v) is 4.76. The molecule has 1 aliphatic heterocycles. The minimum Gasteiger partial charge on any atom is -0.493 e. The molecular formula is C21H38O. The molecule has 0 spiro atoms. The van der Waals surface area contributed by atoms with Crippen molar-refractivity contribution in [1.82, 2.24) is 0 Å². The number of rotatable bonds is 13. The zero-order chi connectivity index (χ0) is 16.0. The third kappa shape index (κ3) is 8.06. The first-order chi connectivity index (χ1) is 10.8. The van der Waals surface area contributed by atoms with Crippen LogP contribution in [0.1, 0.15) is 97.8 Å². The smallest absolute Gasteiger partial charge is 0.106 e. The van der Waals surface area contributed by atoms with E-state index in [0.29, 0.717) is 5.92 Å². The summed E-state index contributed by atoms with van der Waals surface area (Å²) in [5, 5.41) is 0. The average Bonchev–Trinajstić information content (AvgIpc) is 2.53. The first-order valence-corrected chi connectivity index (χ1v) is 9.79. The summed E-state index contributed by atoms with van der Waals surface area (Å²) in [6.07, 6.45) is 20.9. The monoisotopic (exact) mass is 306 g/mol. The van der Waals surface area contributed by atoms with Gasteiger partial charge < -0.3 is 4.74 Å². The lowest BCUT2D eigenvalue weighted by Crippen LogP contribution is -2.12. The Bertz CT molecular complexity index is 327. The second-order valence-corrected chi connectivity index (χ2v) is 6.86. The summed E-state index contributed by atoms with van der Waals surface area (Å²) in [5.74, 6) is 1.93. The summed E-state index contributed by atoms with van der Waals surface area (Å²) in [5.41, 5.74) is 1.35. The molecule has 1 aliphatic rings. The molecule has 1 rings (SSSR count). The lowest BCUT2D eigenvalue weighted by molar-refractivity contribution is 0.187. The fourth-order valence-corrected chi connectivity index (χ4v) is 3.45. The zero-order valence-electron chi connectivity index (χ0n) is 15.3. The highest BCUT2D eigenvalue weighted by Crippen LogP contribution is 2.29. The van der Waals surface area contributed by atoms with Crippen molar-refractivity contribution in [2.75, 3.05) is 6.61 Å². The van der Waals surface area contributed by atoms with Crippen molar-refractivity contribution in [3.63, 3.8) is 0 Å². The van der Waals surface area contributed by atoms with Crippen molar-refractivity contribution in [2.24, 2.45) is 5.92 Å². The van der Waals surface area contributed by atoms with Gasteiger partial charge in [-0.05, 0) is 31.4 Å². The van der Waals surface area contributed by atoms with Crippen molar-refractivity contribution in [3.05, 3.63) is 23.5 Å². The SMILES string of the molecule is CCCCCCCCCCCC(CCC)C1=C(C)C=CCO1. The second-order valence-electron chi connectivity index (χ2n) is 6.86. The van der Waals surface area contributed by atoms with Gasteiger partial charge in [0, 0.05) is 5.92 Å². The Morgan fingerprint density at radius 1 is 0.864 bits per heavy atom. The molecule has 0 radical (unpaired) electrons. The van der Waals surface area contributed by atoms with Crippen LogP contribution in [-0.4, -0.2) is 6.61 Å². The maximum Gasteiger partial charge on any atom is 0.106 e. The molecule has 22 heavy (non-hydrogen) atoms. The predicted octanol–water partition coefficient (Wildman–Crippen LogP) is 7.18. The topological polar surface area (TPSA) is 9.23 Å². The third-order valence-electron chi connectivity index (χ3n) is 4.76. The number of hydrogen-bond donors (Lipinski definition) is 0. The van der Waals surface area contributed by atoms with E-state index in [4.69, 9.17) is 4.74 Å². The van der Waals surface area contributed by atoms with Crippen LogP contribution in [0.4, 0.5) is 0 Å². The van der Waals surface area contributed by atoms with Gasteiger partial charge in [-0.15, -0.1) is 0 Å². The van der Waals surface area contributed by atoms with Crippen LogP contribution in [0.5, 0.6) is 0 Å². The molecule has 0 N–H and O–H groups in total. The highest BCUT2D eigenvalue weighted by atomic mass is 16.5. The quantitative estimate of drug-likeness (QED) is 0.327. The van der Waals surface area contributed by atoms with E-state index < -0.39 is 0 Å². The Kier molecular flexibility index (Phi) is 11.2. The predicted molar refractivity (Wildman–Crippen MR) is 98.0 cm³/mol. The number of allylic oxidation sites excluding steroid dienone is 3. The average molecular weight is 307 g/mol. The summed E-state index contributed by atoms with van der Waals surface area (Å²) < 4.78 is 5.93. The van der Waals surface area contributed by atoms with Crippen LogP contribution < -0.4 is 0 Å². The molecular weight excluding hydrogens is 268 g/mol. The van der Waals surface area contributed by atoms with Crippen molar-refractivity contribution in [3.8, 4) is 0 Å². The van der Waals surface area contributed by atoms with Gasteiger partial charge in [0.1, 0.15) is 12.4 Å². The van der Waals surface area contributed by atoms with E-state index in [9.17, 15) is 0 Å². The van der Waals surface area contributed by atoms with Crippen LogP contribution in [0.2, 0.25) is 0 Å². The van der Waals surface area contributed by atoms with Gasteiger partial charge in [0.2, 0.25) is 0 Å². The zero-order valence-corrected chi connectivity index (χ0v) is 15.3. The first-order valence-electron chi connectivity index (χ1n) is 9.79. The molecule has 0 saturated heterocycles. The number of ether oxygens (including phenoxy) is 1. The van der Waals surface area contributed by atoms with Crippen molar-refractivity contribution in [1.29, 1.82) is 0 Å². The van der Waals surface area contributed by atoms with Crippen molar-refractivity contribution < 1.29 is 4.74 Å². The molecule has 0 amide bonds. The largest absolute Gasteiger partial charge is 0.493 e. The summed E-state index contributed by atoms with van der Waals surface area (Å²) in [6, 6.07) is 0. The van der Waals surface area contributed by atoms with E-state index >= 15 is 0 Å². The van der Waals surface area contributed by atoms with Crippen LogP contribution in [0.3, 0.4) is 0 Å². The minimum atomic E-state index is 0.652. The maximum atomic E-state index is 5.93. The van der Waals surface area contributed by atoms with Gasteiger partial charge >= 0.3 is 0 Å². The standard InChI is InChI=1S/C21H38O/c1-4-6-7-8-9-10-11-12-13-17-20(15-5-2)21-19(3)16-14-18-22-21/h14,16,20H,4-13,15,17-18H2,1-3H3. The van der Waals surface area contributed by atoms with Gasteiger partial charge in [0.05, 0.1) is 0 Å². The molecule has 0 aromatic carbocycles. The molecule has 1 unspecified atom stereocenters. The number of hydrogen-bond acceptors (Lipinski definition) is 1. The second kappa shape index (κ2) is 12.8. The summed E-state index contributed by atoms with van der Waals surface area (Å²) in [6.45, 7) is 7.54. The highest BCUT2D eigenvalue weighted by Gasteiger charge is 2.18. The molecule has 1 nitrogen and oxygen atoms in total. The minimum absolute atomic E-state index is 0.652. The van der Waals surface area contributed by atoms with Crippen LogP contribution >= 0.6 is 0 Å². The molecule has 0 bridgehead atoms. The Balaban J connectivity index is 2.16. The molecule has 128 valence electrons. The van der Waals surface area contributed by atoms with Crippen molar-refractivity contribution >= 4 is 0 Å². The summed E-state index contributed by atoms with van der Waals surface area (Å²) >= 11 is 0. The normalized spacial score (nSPS) is 16.0. The van der Waals surface area contributed by atoms with Gasteiger partial charge in [-0.25, -0.2) is 0 Å². The Morgan fingerprint density at radius 2 is 1.50 bits per heavy atom. The van der Waals surface area contributed by atoms with E-state index in [0.717, 1.165) is 6.61 Å². The molecule has 0 aliphatic carbocycles. The molecule has 0 fully saturated rings. The van der Waals surface area contributed by atoms with Crippen LogP contribution in [0, 0.1) is 5.92 Å². The number of unbranched alkanes of at least 4 members (excludes halogenated alkanes) is 8. The lowest BCUT2D eigenvalue weighted by atomic mass is 9.91. The van der Waals surface area contributed by atoms with Gasteiger partial charge in [-0.2, -0.15) is 0 Å². The molecule has 0 aromatic heterocycles. The summed E-state index contributed by atoms with van der Waals surface area (Å²) in [7, 11) is 0. The van der Waals surface area contributed by atoms with E-state index in [1.54, 1.807) is 0 Å². The van der Waals surface area contributed by atoms with Crippen molar-refractivity contribution in [2.45, 2.75) is 97.8 Å². The van der Waals surface area contributed by atoms with Gasteiger partial charge in [-0.1, -0.05) is 84.1 Å². The fourth-order valence-electron chi connectivity index (χ4n) is 3.45. The first kappa shape index (κ1) is 19.3. The Hall–Kier alpha value is -0.720. The molecule has 1 heteroatoms. The molecule has 0 saturated carbocycles. The highest BCUT2D eigenvalue weighted by molar-refractivity contribution is 5.24.